The van der Waals surface area contributed by atoms with Crippen LogP contribution in [0.4, 0.5) is 13.2 Å². The molecule has 12 heteroatoms. The summed E-state index contributed by atoms with van der Waals surface area (Å²) < 4.78 is 69.0. The second kappa shape index (κ2) is 13.4. The number of hydrogen-bond acceptors (Lipinski definition) is 7. The van der Waals surface area contributed by atoms with Crippen molar-refractivity contribution in [2.24, 2.45) is 17.8 Å². The van der Waals surface area contributed by atoms with Gasteiger partial charge in [0.1, 0.15) is 6.79 Å². The zero-order valence-corrected chi connectivity index (χ0v) is 25.0. The molecule has 0 unspecified atom stereocenters. The van der Waals surface area contributed by atoms with E-state index in [1.54, 1.807) is 19.1 Å². The number of aliphatic hydroxyl groups excluding tert-OH is 1. The number of rotatable bonds is 11. The second-order valence-electron chi connectivity index (χ2n) is 11.6. The fraction of sp³-hybridized carbons (Fsp3) is 0.600. The molecule has 2 N–H and O–H groups in total. The molecule has 42 heavy (non-hydrogen) atoms. The van der Waals surface area contributed by atoms with Gasteiger partial charge in [-0.2, -0.15) is 13.2 Å². The molecule has 1 aromatic carbocycles. The molecule has 2 aliphatic rings. The van der Waals surface area contributed by atoms with Crippen LogP contribution in [0.5, 0.6) is 0 Å². The maximum absolute atomic E-state index is 13.3. The first-order valence-corrected chi connectivity index (χ1v) is 16.1. The molecule has 1 amide bonds. The number of sulfone groups is 1. The van der Waals surface area contributed by atoms with Gasteiger partial charge in [-0.25, -0.2) is 8.42 Å². The van der Waals surface area contributed by atoms with Crippen molar-refractivity contribution in [1.29, 1.82) is 0 Å². The van der Waals surface area contributed by atoms with E-state index in [1.807, 2.05) is 6.07 Å². The van der Waals surface area contributed by atoms with Gasteiger partial charge >= 0.3 is 6.18 Å². The van der Waals surface area contributed by atoms with E-state index in [4.69, 9.17) is 4.74 Å². The number of hydrogen-bond donors (Lipinski definition) is 2. The Labute approximate surface area is 245 Å². The van der Waals surface area contributed by atoms with E-state index in [9.17, 15) is 31.5 Å². The number of amides is 1. The van der Waals surface area contributed by atoms with Crippen molar-refractivity contribution in [2.75, 3.05) is 25.7 Å². The van der Waals surface area contributed by atoms with Crippen LogP contribution in [0.1, 0.15) is 85.7 Å². The van der Waals surface area contributed by atoms with Crippen molar-refractivity contribution in [2.45, 2.75) is 76.2 Å². The number of aliphatic hydroxyl groups is 1. The van der Waals surface area contributed by atoms with Crippen molar-refractivity contribution >= 4 is 15.7 Å². The normalized spacial score (nSPS) is 22.2. The zero-order chi connectivity index (χ0) is 30.7. The molecule has 4 rings (SSSR count). The van der Waals surface area contributed by atoms with E-state index in [2.05, 4.69) is 29.0 Å². The highest BCUT2D eigenvalue weighted by Crippen LogP contribution is 2.43. The molecule has 1 aromatic heterocycles. The fourth-order valence-corrected chi connectivity index (χ4v) is 7.04. The Morgan fingerprint density at radius 1 is 1.17 bits per heavy atom. The molecule has 1 aliphatic carbocycles. The molecule has 1 fully saturated rings. The number of ether oxygens (including phenoxy) is 1. The third kappa shape index (κ3) is 7.50. The lowest BCUT2D eigenvalue weighted by atomic mass is 9.81. The van der Waals surface area contributed by atoms with Gasteiger partial charge in [-0.05, 0) is 66.8 Å². The van der Waals surface area contributed by atoms with Gasteiger partial charge in [0.25, 0.3) is 5.91 Å². The average molecular weight is 612 g/mol. The third-order valence-corrected chi connectivity index (χ3v) is 10.2. The number of alkyl halides is 3. The SMILES string of the molecule is CCS(=O)(=O)c1ccc([C@@H](COCO)NC(=O)c2cnc3c(c2)CN(C[C@H]2CC[C@H](C(F)(F)F)CC2)[C@H]3C(C)C)cc1. The maximum atomic E-state index is 13.3. The number of aromatic nitrogens is 1. The Morgan fingerprint density at radius 2 is 1.83 bits per heavy atom. The van der Waals surface area contributed by atoms with Crippen LogP contribution in [0.2, 0.25) is 0 Å². The Bertz CT molecular complexity index is 1330. The highest BCUT2D eigenvalue weighted by molar-refractivity contribution is 7.91. The van der Waals surface area contributed by atoms with Gasteiger partial charge in [0.05, 0.1) is 46.5 Å². The average Bonchev–Trinajstić information content (AvgIpc) is 3.32. The Kier molecular flexibility index (Phi) is 10.3. The largest absolute Gasteiger partial charge is 0.391 e. The topological polar surface area (TPSA) is 109 Å². The molecule has 232 valence electrons. The van der Waals surface area contributed by atoms with Crippen molar-refractivity contribution in [3.63, 3.8) is 0 Å². The van der Waals surface area contributed by atoms with Crippen LogP contribution in [-0.2, 0) is 21.1 Å². The smallest absolute Gasteiger partial charge is 0.371 e. The monoisotopic (exact) mass is 611 g/mol. The molecule has 0 saturated heterocycles. The van der Waals surface area contributed by atoms with E-state index in [-0.39, 0.29) is 48.0 Å². The number of nitrogens with one attached hydrogen (secondary N) is 1. The van der Waals surface area contributed by atoms with Crippen molar-refractivity contribution in [3.8, 4) is 0 Å². The lowest BCUT2D eigenvalue weighted by Gasteiger charge is -2.35. The molecule has 0 radical (unpaired) electrons. The van der Waals surface area contributed by atoms with Gasteiger partial charge in [-0.1, -0.05) is 32.9 Å². The lowest BCUT2D eigenvalue weighted by molar-refractivity contribution is -0.184. The Balaban J connectivity index is 1.47. The van der Waals surface area contributed by atoms with Crippen LogP contribution in [-0.4, -0.2) is 61.2 Å². The van der Waals surface area contributed by atoms with Crippen LogP contribution in [0.15, 0.2) is 41.4 Å². The number of pyridine rings is 1. The number of halogens is 3. The summed E-state index contributed by atoms with van der Waals surface area (Å²) in [6, 6.07) is 7.38. The summed E-state index contributed by atoms with van der Waals surface area (Å²) in [5, 5.41) is 12.1. The highest BCUT2D eigenvalue weighted by Gasteiger charge is 2.42. The van der Waals surface area contributed by atoms with Gasteiger partial charge in [0.15, 0.2) is 9.84 Å². The first-order chi connectivity index (χ1) is 19.8. The zero-order valence-electron chi connectivity index (χ0n) is 24.2. The highest BCUT2D eigenvalue weighted by atomic mass is 32.2. The number of carbonyl (C=O) groups is 1. The minimum atomic E-state index is -4.13. The first kappa shape index (κ1) is 32.4. The third-order valence-electron chi connectivity index (χ3n) is 8.45. The standard InChI is InChI=1S/C30H40F3N3O5S/c1-4-42(39,40)25-11-7-21(8-12-25)26(17-41-18-37)35-29(38)22-13-23-16-36(28(19(2)3)27(23)34-14-22)15-20-5-9-24(10-6-20)30(31,32)33/h7-8,11-14,19-20,24,26,28,37H,4-6,9-10,15-18H2,1-3H3,(H,35,38)/t20-,24-,26-,28+/m1/s1. The van der Waals surface area contributed by atoms with Gasteiger partial charge in [-0.15, -0.1) is 0 Å². The van der Waals surface area contributed by atoms with Gasteiger partial charge < -0.3 is 15.2 Å². The summed E-state index contributed by atoms with van der Waals surface area (Å²) in [5.74, 6) is -1.22. The molecule has 1 saturated carbocycles. The van der Waals surface area contributed by atoms with Crippen molar-refractivity contribution in [3.05, 3.63) is 58.9 Å². The minimum Gasteiger partial charge on any atom is -0.371 e. The number of benzene rings is 1. The Hall–Kier alpha value is -2.54. The van der Waals surface area contributed by atoms with Crippen LogP contribution in [0, 0.1) is 17.8 Å². The van der Waals surface area contributed by atoms with Crippen LogP contribution >= 0.6 is 0 Å². The quantitative estimate of drug-likeness (QED) is 0.337. The molecule has 8 nitrogen and oxygen atoms in total. The summed E-state index contributed by atoms with van der Waals surface area (Å²) in [5.41, 5.74) is 2.77. The Morgan fingerprint density at radius 3 is 2.40 bits per heavy atom. The summed E-state index contributed by atoms with van der Waals surface area (Å²) in [4.78, 5) is 20.5. The van der Waals surface area contributed by atoms with E-state index in [0.29, 0.717) is 37.1 Å². The van der Waals surface area contributed by atoms with E-state index in [0.717, 1.165) is 11.3 Å². The van der Waals surface area contributed by atoms with E-state index >= 15 is 0 Å². The molecule has 1 aliphatic heterocycles. The fourth-order valence-electron chi connectivity index (χ4n) is 6.16. The summed E-state index contributed by atoms with van der Waals surface area (Å²) >= 11 is 0. The first-order valence-electron chi connectivity index (χ1n) is 14.5. The number of carbonyl (C=O) groups excluding carboxylic acids is 1. The number of nitrogens with zero attached hydrogens (tertiary/aromatic N) is 2. The predicted octanol–water partition coefficient (Wildman–Crippen LogP) is 5.19. The molecular weight excluding hydrogens is 571 g/mol. The van der Waals surface area contributed by atoms with E-state index < -0.39 is 40.7 Å². The van der Waals surface area contributed by atoms with Gasteiger partial charge in [0.2, 0.25) is 0 Å². The van der Waals surface area contributed by atoms with Crippen molar-refractivity contribution in [1.82, 2.24) is 15.2 Å². The summed E-state index contributed by atoms with van der Waals surface area (Å²) in [6.45, 7) is 6.44. The molecule has 2 atom stereocenters. The van der Waals surface area contributed by atoms with Gasteiger partial charge in [0, 0.05) is 19.3 Å². The van der Waals surface area contributed by atoms with E-state index in [1.165, 1.54) is 18.3 Å². The summed E-state index contributed by atoms with van der Waals surface area (Å²) in [7, 11) is -3.38. The van der Waals surface area contributed by atoms with Gasteiger partial charge in [-0.3, -0.25) is 14.7 Å². The molecule has 0 spiro atoms. The molecule has 2 heterocycles. The minimum absolute atomic E-state index is 0.0149. The second-order valence-corrected chi connectivity index (χ2v) is 13.9. The number of fused-ring (bicyclic) bond motifs is 1. The van der Waals surface area contributed by atoms with Crippen LogP contribution in [0.25, 0.3) is 0 Å². The van der Waals surface area contributed by atoms with Crippen molar-refractivity contribution < 1.29 is 36.2 Å². The van der Waals surface area contributed by atoms with Crippen LogP contribution < -0.4 is 5.32 Å². The lowest BCUT2D eigenvalue weighted by Crippen LogP contribution is -2.35. The molecule has 0 bridgehead atoms. The predicted molar refractivity (Wildman–Crippen MR) is 151 cm³/mol. The van der Waals surface area contributed by atoms with Crippen LogP contribution in [0.3, 0.4) is 0 Å². The summed E-state index contributed by atoms with van der Waals surface area (Å²) in [6.07, 6.45) is -1.16. The maximum Gasteiger partial charge on any atom is 0.391 e. The molecular formula is C30H40F3N3O5S. The molecule has 2 aromatic rings.